The van der Waals surface area contributed by atoms with E-state index >= 15 is 0 Å². The van der Waals surface area contributed by atoms with E-state index in [1.807, 2.05) is 0 Å². The molecule has 0 radical (unpaired) electrons. The summed E-state index contributed by atoms with van der Waals surface area (Å²) < 4.78 is 5.44. The second kappa shape index (κ2) is 5.45. The standard InChI is InChI=1S/C10H17N3O2S/c14-9(7-3-4-7)12-13-10(16)11-6-8-2-1-5-15-8/h7-8H,1-6H2,(H,12,14)(H2,11,13,16). The van der Waals surface area contributed by atoms with Crippen molar-refractivity contribution in [1.82, 2.24) is 16.2 Å². The third-order valence-electron chi connectivity index (χ3n) is 2.76. The quantitative estimate of drug-likeness (QED) is 0.484. The number of thiocarbonyl (C=S) groups is 1. The molecule has 1 heterocycles. The van der Waals surface area contributed by atoms with Crippen molar-refractivity contribution >= 4 is 23.2 Å². The lowest BCUT2D eigenvalue weighted by molar-refractivity contribution is -0.122. The molecule has 1 aliphatic heterocycles. The zero-order valence-corrected chi connectivity index (χ0v) is 9.94. The SMILES string of the molecule is O=C(NNC(=S)NCC1CCCO1)C1CC1. The Hall–Kier alpha value is -0.880. The van der Waals surface area contributed by atoms with Crippen LogP contribution in [0.4, 0.5) is 0 Å². The van der Waals surface area contributed by atoms with Crippen LogP contribution in [0.1, 0.15) is 25.7 Å². The van der Waals surface area contributed by atoms with E-state index in [0.29, 0.717) is 11.7 Å². The van der Waals surface area contributed by atoms with Gasteiger partial charge < -0.3 is 10.1 Å². The molecule has 0 spiro atoms. The highest BCUT2D eigenvalue weighted by Gasteiger charge is 2.29. The summed E-state index contributed by atoms with van der Waals surface area (Å²) in [6, 6.07) is 0. The van der Waals surface area contributed by atoms with Crippen LogP contribution in [0, 0.1) is 5.92 Å². The Morgan fingerprint density at radius 1 is 1.31 bits per heavy atom. The fraction of sp³-hybridized carbons (Fsp3) is 0.800. The smallest absolute Gasteiger partial charge is 0.241 e. The van der Waals surface area contributed by atoms with Gasteiger partial charge >= 0.3 is 0 Å². The van der Waals surface area contributed by atoms with Crippen LogP contribution in [0.5, 0.6) is 0 Å². The molecule has 3 N–H and O–H groups in total. The van der Waals surface area contributed by atoms with Crippen molar-refractivity contribution in [3.8, 4) is 0 Å². The molecule has 5 nitrogen and oxygen atoms in total. The van der Waals surface area contributed by atoms with Gasteiger partial charge in [0, 0.05) is 19.1 Å². The molecule has 2 aliphatic rings. The molecule has 90 valence electrons. The zero-order valence-electron chi connectivity index (χ0n) is 9.12. The lowest BCUT2D eigenvalue weighted by Gasteiger charge is -2.14. The number of nitrogens with one attached hydrogen (secondary N) is 3. The average Bonchev–Trinajstić information content (AvgIpc) is 3.01. The first-order valence-electron chi connectivity index (χ1n) is 5.71. The molecule has 1 saturated heterocycles. The first-order valence-corrected chi connectivity index (χ1v) is 6.12. The first kappa shape index (κ1) is 11.6. The summed E-state index contributed by atoms with van der Waals surface area (Å²) in [5, 5.41) is 3.47. The fourth-order valence-corrected chi connectivity index (χ4v) is 1.76. The Bertz CT molecular complexity index is 275. The van der Waals surface area contributed by atoms with Gasteiger partial charge in [-0.15, -0.1) is 0 Å². The summed E-state index contributed by atoms with van der Waals surface area (Å²) in [4.78, 5) is 11.3. The highest BCUT2D eigenvalue weighted by Crippen LogP contribution is 2.28. The third kappa shape index (κ3) is 3.61. The van der Waals surface area contributed by atoms with Gasteiger partial charge in [0.15, 0.2) is 5.11 Å². The summed E-state index contributed by atoms with van der Waals surface area (Å²) in [6.45, 7) is 1.54. The van der Waals surface area contributed by atoms with Gasteiger partial charge in [-0.05, 0) is 37.9 Å². The van der Waals surface area contributed by atoms with Crippen molar-refractivity contribution in [2.75, 3.05) is 13.2 Å². The van der Waals surface area contributed by atoms with Crippen LogP contribution in [-0.2, 0) is 9.53 Å². The summed E-state index contributed by atoms with van der Waals surface area (Å²) in [6.07, 6.45) is 4.42. The Morgan fingerprint density at radius 2 is 2.12 bits per heavy atom. The van der Waals surface area contributed by atoms with Crippen LogP contribution in [0.25, 0.3) is 0 Å². The lowest BCUT2D eigenvalue weighted by Crippen LogP contribution is -2.48. The molecule has 1 aliphatic carbocycles. The topological polar surface area (TPSA) is 62.4 Å². The van der Waals surface area contributed by atoms with E-state index in [1.165, 1.54) is 0 Å². The largest absolute Gasteiger partial charge is 0.376 e. The maximum Gasteiger partial charge on any atom is 0.241 e. The summed E-state index contributed by atoms with van der Waals surface area (Å²) in [7, 11) is 0. The van der Waals surface area contributed by atoms with Gasteiger partial charge in [0.05, 0.1) is 6.10 Å². The molecule has 0 aromatic carbocycles. The van der Waals surface area contributed by atoms with Crippen LogP contribution in [0.3, 0.4) is 0 Å². The fourth-order valence-electron chi connectivity index (χ4n) is 1.62. The van der Waals surface area contributed by atoms with Crippen molar-refractivity contribution in [3.63, 3.8) is 0 Å². The number of carbonyl (C=O) groups is 1. The number of carbonyl (C=O) groups excluding carboxylic acids is 1. The van der Waals surface area contributed by atoms with E-state index in [0.717, 1.165) is 32.3 Å². The average molecular weight is 243 g/mol. The van der Waals surface area contributed by atoms with Crippen molar-refractivity contribution < 1.29 is 9.53 Å². The molecule has 1 amide bonds. The monoisotopic (exact) mass is 243 g/mol. The number of hydrogen-bond donors (Lipinski definition) is 3. The Morgan fingerprint density at radius 3 is 2.75 bits per heavy atom. The number of hydrogen-bond acceptors (Lipinski definition) is 3. The number of hydrazine groups is 1. The summed E-state index contributed by atoms with van der Waals surface area (Å²) in [5.74, 6) is 0.217. The lowest BCUT2D eigenvalue weighted by atomic mass is 10.2. The number of amides is 1. The Balaban J connectivity index is 1.54. The van der Waals surface area contributed by atoms with Gasteiger partial charge in [0.2, 0.25) is 5.91 Å². The minimum Gasteiger partial charge on any atom is -0.376 e. The van der Waals surface area contributed by atoms with Gasteiger partial charge in [-0.2, -0.15) is 0 Å². The van der Waals surface area contributed by atoms with Crippen molar-refractivity contribution in [2.24, 2.45) is 5.92 Å². The highest BCUT2D eigenvalue weighted by molar-refractivity contribution is 7.80. The minimum absolute atomic E-state index is 0.0290. The van der Waals surface area contributed by atoms with Crippen LogP contribution in [0.2, 0.25) is 0 Å². The second-order valence-corrected chi connectivity index (χ2v) is 4.64. The molecule has 0 bridgehead atoms. The van der Waals surface area contributed by atoms with Crippen molar-refractivity contribution in [3.05, 3.63) is 0 Å². The van der Waals surface area contributed by atoms with Crippen LogP contribution < -0.4 is 16.2 Å². The Kier molecular flexibility index (Phi) is 3.95. The first-order chi connectivity index (χ1) is 7.75. The zero-order chi connectivity index (χ0) is 11.4. The van der Waals surface area contributed by atoms with Gasteiger partial charge in [-0.1, -0.05) is 0 Å². The van der Waals surface area contributed by atoms with E-state index in [4.69, 9.17) is 17.0 Å². The maximum absolute atomic E-state index is 11.3. The molecule has 2 fully saturated rings. The highest BCUT2D eigenvalue weighted by atomic mass is 32.1. The van der Waals surface area contributed by atoms with Gasteiger partial charge in [-0.3, -0.25) is 15.6 Å². The summed E-state index contributed by atoms with van der Waals surface area (Å²) >= 11 is 5.02. The minimum atomic E-state index is 0.0290. The van der Waals surface area contributed by atoms with Gasteiger partial charge in [0.25, 0.3) is 0 Å². The van der Waals surface area contributed by atoms with E-state index in [9.17, 15) is 4.79 Å². The number of rotatable bonds is 3. The molecule has 0 aromatic rings. The Labute approximate surface area is 100 Å². The predicted octanol–water partition coefficient (Wildman–Crippen LogP) is 0.0707. The molecule has 1 unspecified atom stereocenters. The molecule has 1 atom stereocenters. The van der Waals surface area contributed by atoms with E-state index in [-0.39, 0.29) is 17.9 Å². The van der Waals surface area contributed by atoms with Gasteiger partial charge in [0.1, 0.15) is 0 Å². The predicted molar refractivity (Wildman–Crippen MR) is 63.6 cm³/mol. The molecule has 0 aromatic heterocycles. The van der Waals surface area contributed by atoms with E-state index in [1.54, 1.807) is 0 Å². The van der Waals surface area contributed by atoms with E-state index < -0.39 is 0 Å². The second-order valence-electron chi connectivity index (χ2n) is 4.23. The van der Waals surface area contributed by atoms with Crippen molar-refractivity contribution in [1.29, 1.82) is 0 Å². The van der Waals surface area contributed by atoms with E-state index in [2.05, 4.69) is 16.2 Å². The number of ether oxygens (including phenoxy) is 1. The molecule has 16 heavy (non-hydrogen) atoms. The summed E-state index contributed by atoms with van der Waals surface area (Å²) in [5.41, 5.74) is 5.28. The molecular weight excluding hydrogens is 226 g/mol. The third-order valence-corrected chi connectivity index (χ3v) is 3.01. The van der Waals surface area contributed by atoms with Crippen LogP contribution in [-0.4, -0.2) is 30.3 Å². The molecule has 2 rings (SSSR count). The van der Waals surface area contributed by atoms with Crippen LogP contribution in [0.15, 0.2) is 0 Å². The molecular formula is C10H17N3O2S. The normalized spacial score (nSPS) is 23.9. The maximum atomic E-state index is 11.3. The molecule has 1 saturated carbocycles. The molecule has 6 heteroatoms. The van der Waals surface area contributed by atoms with Crippen molar-refractivity contribution in [2.45, 2.75) is 31.8 Å². The van der Waals surface area contributed by atoms with Gasteiger partial charge in [-0.25, -0.2) is 0 Å². The van der Waals surface area contributed by atoms with Crippen LogP contribution >= 0.6 is 12.2 Å².